The maximum Gasteiger partial charge on any atom is 0.410 e. The molecular weight excluding hydrogens is 371 g/mol. The lowest BCUT2D eigenvalue weighted by Gasteiger charge is -2.37. The molecule has 10 heteroatoms. The second-order valence-electron chi connectivity index (χ2n) is 7.12. The van der Waals surface area contributed by atoms with Crippen LogP contribution in [0.2, 0.25) is 0 Å². The molecule has 2 aliphatic heterocycles. The minimum Gasteiger partial charge on any atom is -0.368 e. The standard InChI is InChI=1S/C18H20F3N7/c1-17(25-5-6-27(17)2)7-15(18(19,20)21)28-10-12(8-26-28)14-9-22-11-24-16-13(14)3-4-23-16/h3-6,8,10-11,15,25H,7,9H2,1-2H3,(H,22,23,24). The summed E-state index contributed by atoms with van der Waals surface area (Å²) < 4.78 is 42.7. The Hall–Kier alpha value is -3.04. The van der Waals surface area contributed by atoms with E-state index >= 15 is 0 Å². The molecule has 0 amide bonds. The Balaban J connectivity index is 1.71. The summed E-state index contributed by atoms with van der Waals surface area (Å²) in [4.78, 5) is 13.1. The maximum absolute atomic E-state index is 13.9. The maximum atomic E-state index is 13.9. The van der Waals surface area contributed by atoms with E-state index in [1.54, 1.807) is 37.5 Å². The average molecular weight is 391 g/mol. The van der Waals surface area contributed by atoms with Crippen LogP contribution in [0, 0.1) is 0 Å². The van der Waals surface area contributed by atoms with Gasteiger partial charge in [0, 0.05) is 49.0 Å². The van der Waals surface area contributed by atoms with E-state index in [0.717, 1.165) is 15.5 Å². The van der Waals surface area contributed by atoms with Crippen LogP contribution < -0.4 is 16.0 Å². The Bertz CT molecular complexity index is 1050. The SMILES string of the molecule is CN1C=CNC1(C)CC(n1cc(C2=c3cc[nH]c3=NC=NC2)cn1)C(F)(F)F. The van der Waals surface area contributed by atoms with Gasteiger partial charge in [0.15, 0.2) is 6.04 Å². The molecule has 0 aromatic carbocycles. The first-order chi connectivity index (χ1) is 13.3. The van der Waals surface area contributed by atoms with E-state index in [4.69, 9.17) is 0 Å². The molecule has 4 heterocycles. The fourth-order valence-corrected chi connectivity index (χ4v) is 3.47. The van der Waals surface area contributed by atoms with Crippen LogP contribution in [0.1, 0.15) is 24.9 Å². The lowest BCUT2D eigenvalue weighted by Crippen LogP contribution is -2.50. The van der Waals surface area contributed by atoms with Gasteiger partial charge >= 0.3 is 6.18 Å². The first kappa shape index (κ1) is 18.3. The molecule has 2 aromatic rings. The summed E-state index contributed by atoms with van der Waals surface area (Å²) in [5.74, 6) is 0. The van der Waals surface area contributed by atoms with Crippen molar-refractivity contribution >= 4 is 11.9 Å². The predicted octanol–water partition coefficient (Wildman–Crippen LogP) is 1.29. The smallest absolute Gasteiger partial charge is 0.368 e. The Labute approximate surface area is 159 Å². The van der Waals surface area contributed by atoms with Crippen LogP contribution in [0.25, 0.3) is 5.57 Å². The van der Waals surface area contributed by atoms with Gasteiger partial charge in [-0.15, -0.1) is 0 Å². The van der Waals surface area contributed by atoms with Crippen LogP contribution in [0.15, 0.2) is 47.0 Å². The van der Waals surface area contributed by atoms with Crippen molar-refractivity contribution in [1.29, 1.82) is 0 Å². The van der Waals surface area contributed by atoms with Gasteiger partial charge in [0.2, 0.25) is 0 Å². The van der Waals surface area contributed by atoms with Crippen molar-refractivity contribution in [3.05, 3.63) is 53.3 Å². The molecule has 2 aliphatic rings. The molecule has 0 saturated heterocycles. The molecular formula is C18H20F3N7. The second kappa shape index (κ2) is 6.54. The van der Waals surface area contributed by atoms with E-state index < -0.39 is 17.9 Å². The normalized spacial score (nSPS) is 22.6. The topological polar surface area (TPSA) is 73.6 Å². The molecule has 7 nitrogen and oxygen atoms in total. The van der Waals surface area contributed by atoms with Crippen LogP contribution >= 0.6 is 0 Å². The number of hydrogen-bond donors (Lipinski definition) is 2. The Morgan fingerprint density at radius 3 is 2.89 bits per heavy atom. The van der Waals surface area contributed by atoms with Gasteiger partial charge in [-0.3, -0.25) is 9.67 Å². The summed E-state index contributed by atoms with van der Waals surface area (Å²) >= 11 is 0. The zero-order valence-electron chi connectivity index (χ0n) is 15.4. The van der Waals surface area contributed by atoms with Gasteiger partial charge in [-0.1, -0.05) is 0 Å². The third-order valence-electron chi connectivity index (χ3n) is 5.28. The molecule has 2 aromatic heterocycles. The lowest BCUT2D eigenvalue weighted by molar-refractivity contribution is -0.178. The molecule has 0 saturated carbocycles. The highest BCUT2D eigenvalue weighted by molar-refractivity contribution is 5.69. The largest absolute Gasteiger partial charge is 0.410 e. The van der Waals surface area contributed by atoms with E-state index in [2.05, 4.69) is 25.4 Å². The minimum absolute atomic E-state index is 0.195. The van der Waals surface area contributed by atoms with E-state index in [1.165, 1.54) is 18.7 Å². The number of H-pyrrole nitrogens is 1. The number of aromatic nitrogens is 3. The molecule has 0 radical (unpaired) electrons. The molecule has 0 fully saturated rings. The van der Waals surface area contributed by atoms with Crippen molar-refractivity contribution < 1.29 is 13.2 Å². The number of nitrogens with one attached hydrogen (secondary N) is 2. The highest BCUT2D eigenvalue weighted by Crippen LogP contribution is 2.38. The van der Waals surface area contributed by atoms with Crippen molar-refractivity contribution in [1.82, 2.24) is 25.0 Å². The highest BCUT2D eigenvalue weighted by Gasteiger charge is 2.47. The van der Waals surface area contributed by atoms with Crippen molar-refractivity contribution in [2.24, 2.45) is 9.98 Å². The number of hydrogen-bond acceptors (Lipinski definition) is 5. The third-order valence-corrected chi connectivity index (χ3v) is 5.28. The second-order valence-corrected chi connectivity index (χ2v) is 7.12. The Morgan fingerprint density at radius 1 is 1.36 bits per heavy atom. The van der Waals surface area contributed by atoms with Crippen molar-refractivity contribution in [3.63, 3.8) is 0 Å². The fourth-order valence-electron chi connectivity index (χ4n) is 3.47. The molecule has 4 rings (SSSR count). The first-order valence-corrected chi connectivity index (χ1v) is 8.79. The van der Waals surface area contributed by atoms with Gasteiger partial charge < -0.3 is 15.2 Å². The lowest BCUT2D eigenvalue weighted by atomic mass is 10.0. The minimum atomic E-state index is -4.45. The van der Waals surface area contributed by atoms with Crippen LogP contribution in [0.4, 0.5) is 13.2 Å². The van der Waals surface area contributed by atoms with Crippen molar-refractivity contribution in [2.75, 3.05) is 13.6 Å². The molecule has 2 N–H and O–H groups in total. The van der Waals surface area contributed by atoms with E-state index in [-0.39, 0.29) is 6.42 Å². The number of aliphatic imine (C=N–C) groups is 1. The summed E-state index contributed by atoms with van der Waals surface area (Å²) in [5.41, 5.74) is 1.16. The molecule has 28 heavy (non-hydrogen) atoms. The number of alkyl halides is 3. The zero-order valence-corrected chi connectivity index (χ0v) is 15.4. The van der Waals surface area contributed by atoms with Gasteiger partial charge in [0.05, 0.1) is 12.7 Å². The fraction of sp³-hybridized carbons (Fsp3) is 0.389. The summed E-state index contributed by atoms with van der Waals surface area (Å²) in [6.45, 7) is 2.06. The Kier molecular flexibility index (Phi) is 4.28. The number of nitrogens with zero attached hydrogens (tertiary/aromatic N) is 5. The van der Waals surface area contributed by atoms with Crippen LogP contribution in [0.3, 0.4) is 0 Å². The van der Waals surface area contributed by atoms with E-state index in [0.29, 0.717) is 17.6 Å². The summed E-state index contributed by atoms with van der Waals surface area (Å²) in [6, 6.07) is 0.0669. The molecule has 148 valence electrons. The van der Waals surface area contributed by atoms with Gasteiger partial charge in [-0.2, -0.15) is 18.3 Å². The molecule has 2 atom stereocenters. The molecule has 0 aliphatic carbocycles. The van der Waals surface area contributed by atoms with Crippen LogP contribution in [-0.2, 0) is 0 Å². The average Bonchev–Trinajstić information content (AvgIpc) is 3.33. The number of rotatable bonds is 4. The number of fused-ring (bicyclic) bond motifs is 1. The molecule has 2 unspecified atom stereocenters. The number of halogens is 3. The van der Waals surface area contributed by atoms with Gasteiger partial charge in [0.25, 0.3) is 0 Å². The quantitative estimate of drug-likeness (QED) is 0.825. The van der Waals surface area contributed by atoms with Gasteiger partial charge in [-0.25, -0.2) is 4.99 Å². The first-order valence-electron chi connectivity index (χ1n) is 8.79. The monoisotopic (exact) mass is 391 g/mol. The van der Waals surface area contributed by atoms with Crippen LogP contribution in [-0.4, -0.2) is 51.4 Å². The highest BCUT2D eigenvalue weighted by atomic mass is 19.4. The van der Waals surface area contributed by atoms with Gasteiger partial charge in [0.1, 0.15) is 17.5 Å². The molecule has 0 spiro atoms. The summed E-state index contributed by atoms with van der Waals surface area (Å²) in [6.07, 6.45) is 4.81. The zero-order chi connectivity index (χ0) is 19.9. The Morgan fingerprint density at radius 2 is 2.18 bits per heavy atom. The third kappa shape index (κ3) is 3.19. The molecule has 0 bridgehead atoms. The van der Waals surface area contributed by atoms with E-state index in [1.807, 2.05) is 6.07 Å². The summed E-state index contributed by atoms with van der Waals surface area (Å²) in [5, 5.41) is 7.88. The number of aromatic amines is 1. The predicted molar refractivity (Wildman–Crippen MR) is 97.8 cm³/mol. The summed E-state index contributed by atoms with van der Waals surface area (Å²) in [7, 11) is 1.74. The van der Waals surface area contributed by atoms with Gasteiger partial charge in [-0.05, 0) is 18.6 Å². The van der Waals surface area contributed by atoms with E-state index in [9.17, 15) is 13.2 Å². The van der Waals surface area contributed by atoms with Crippen molar-refractivity contribution in [2.45, 2.75) is 31.2 Å². The van der Waals surface area contributed by atoms with Crippen molar-refractivity contribution in [3.8, 4) is 0 Å². The van der Waals surface area contributed by atoms with Crippen LogP contribution in [0.5, 0.6) is 0 Å².